The third kappa shape index (κ3) is 2.95. The molecule has 0 atom stereocenters. The van der Waals surface area contributed by atoms with E-state index in [1.165, 1.54) is 6.42 Å². The summed E-state index contributed by atoms with van der Waals surface area (Å²) >= 11 is 0. The van der Waals surface area contributed by atoms with Crippen molar-refractivity contribution >= 4 is 5.78 Å². The average molecular weight is 195 g/mol. The summed E-state index contributed by atoms with van der Waals surface area (Å²) in [5, 5.41) is 0. The van der Waals surface area contributed by atoms with Crippen molar-refractivity contribution in [3.05, 3.63) is 12.2 Å². The molecule has 0 aliphatic heterocycles. The Hall–Kier alpha value is -0.630. The molecule has 14 heavy (non-hydrogen) atoms. The molecule has 2 nitrogen and oxygen atoms in total. The maximum absolute atomic E-state index is 11.6. The molecule has 0 unspecified atom stereocenters. The smallest absolute Gasteiger partial charge is 0.133 e. The van der Waals surface area contributed by atoms with Crippen LogP contribution in [-0.2, 0) is 4.79 Å². The van der Waals surface area contributed by atoms with Crippen molar-refractivity contribution in [1.82, 2.24) is 0 Å². The van der Waals surface area contributed by atoms with Crippen molar-refractivity contribution in [2.24, 2.45) is 11.1 Å². The number of carbonyl (C=O) groups is 1. The van der Waals surface area contributed by atoms with Gasteiger partial charge in [-0.2, -0.15) is 0 Å². The van der Waals surface area contributed by atoms with Crippen LogP contribution < -0.4 is 5.73 Å². The van der Waals surface area contributed by atoms with Gasteiger partial charge in [-0.05, 0) is 38.1 Å². The minimum absolute atomic E-state index is 0.173. The number of carbonyl (C=O) groups excluding carboxylic acids is 1. The molecule has 0 aromatic rings. The molecule has 0 heterocycles. The minimum Gasteiger partial charge on any atom is -0.330 e. The van der Waals surface area contributed by atoms with Crippen LogP contribution in [0.3, 0.4) is 0 Å². The van der Waals surface area contributed by atoms with E-state index in [4.69, 9.17) is 5.73 Å². The number of hydrogen-bond donors (Lipinski definition) is 1. The van der Waals surface area contributed by atoms with Crippen LogP contribution in [0.1, 0.15) is 45.4 Å². The number of rotatable bonds is 6. The van der Waals surface area contributed by atoms with Gasteiger partial charge >= 0.3 is 0 Å². The van der Waals surface area contributed by atoms with E-state index in [-0.39, 0.29) is 5.41 Å². The highest BCUT2D eigenvalue weighted by atomic mass is 16.1. The van der Waals surface area contributed by atoms with Crippen LogP contribution in [-0.4, -0.2) is 12.3 Å². The fourth-order valence-electron chi connectivity index (χ4n) is 1.99. The highest BCUT2D eigenvalue weighted by Gasteiger charge is 2.36. The van der Waals surface area contributed by atoms with E-state index in [2.05, 4.69) is 6.58 Å². The van der Waals surface area contributed by atoms with Crippen LogP contribution in [0, 0.1) is 5.41 Å². The van der Waals surface area contributed by atoms with Gasteiger partial charge in [0.1, 0.15) is 5.78 Å². The second-order valence-electron chi connectivity index (χ2n) is 4.73. The van der Waals surface area contributed by atoms with Crippen molar-refractivity contribution in [3.63, 3.8) is 0 Å². The number of Topliss-reactive ketones (excluding diaryl/α,β-unsaturated/α-hetero) is 1. The first-order valence-corrected chi connectivity index (χ1v) is 5.44. The zero-order chi connectivity index (χ0) is 10.6. The number of allylic oxidation sites excluding steroid dienone is 1. The summed E-state index contributed by atoms with van der Waals surface area (Å²) in [5.74, 6) is 0.359. The van der Waals surface area contributed by atoms with Crippen LogP contribution >= 0.6 is 0 Å². The summed E-state index contributed by atoms with van der Waals surface area (Å²) in [6.45, 7) is 6.44. The maximum atomic E-state index is 11.6. The number of hydrogen-bond acceptors (Lipinski definition) is 2. The van der Waals surface area contributed by atoms with E-state index < -0.39 is 0 Å². The first kappa shape index (κ1) is 11.4. The van der Waals surface area contributed by atoms with E-state index in [0.29, 0.717) is 25.2 Å². The molecule has 1 saturated carbocycles. The molecule has 0 amide bonds. The third-order valence-electron chi connectivity index (χ3n) is 3.25. The van der Waals surface area contributed by atoms with Crippen molar-refractivity contribution in [2.75, 3.05) is 6.54 Å². The zero-order valence-corrected chi connectivity index (χ0v) is 9.14. The van der Waals surface area contributed by atoms with E-state index in [1.807, 2.05) is 6.92 Å². The summed E-state index contributed by atoms with van der Waals surface area (Å²) < 4.78 is 0. The van der Waals surface area contributed by atoms with Crippen LogP contribution in [0.25, 0.3) is 0 Å². The Labute approximate surface area is 86.6 Å². The fraction of sp³-hybridized carbons (Fsp3) is 0.750. The second kappa shape index (κ2) is 4.74. The van der Waals surface area contributed by atoms with Gasteiger partial charge in [0, 0.05) is 12.8 Å². The van der Waals surface area contributed by atoms with Crippen molar-refractivity contribution < 1.29 is 4.79 Å². The highest BCUT2D eigenvalue weighted by molar-refractivity contribution is 5.79. The van der Waals surface area contributed by atoms with Crippen molar-refractivity contribution in [3.8, 4) is 0 Å². The lowest BCUT2D eigenvalue weighted by Crippen LogP contribution is -2.39. The Bertz CT molecular complexity index is 223. The Kier molecular flexibility index (Phi) is 3.87. The molecule has 1 rings (SSSR count). The quantitative estimate of drug-likeness (QED) is 0.661. The molecule has 0 aromatic carbocycles. The molecule has 0 saturated heterocycles. The van der Waals surface area contributed by atoms with Crippen LogP contribution in [0.4, 0.5) is 0 Å². The molecule has 1 fully saturated rings. The van der Waals surface area contributed by atoms with Gasteiger partial charge < -0.3 is 5.73 Å². The summed E-state index contributed by atoms with van der Waals surface area (Å²) in [7, 11) is 0. The molecule has 0 bridgehead atoms. The lowest BCUT2D eigenvalue weighted by atomic mass is 9.65. The van der Waals surface area contributed by atoms with E-state index >= 15 is 0 Å². The Balaban J connectivity index is 2.28. The molecular formula is C12H21NO. The van der Waals surface area contributed by atoms with Gasteiger partial charge in [-0.15, -0.1) is 6.58 Å². The van der Waals surface area contributed by atoms with Gasteiger partial charge in [-0.1, -0.05) is 12.0 Å². The first-order valence-electron chi connectivity index (χ1n) is 5.44. The standard InChI is InChI=1S/C12H21NO/c1-10(2)4-5-11(14)8-12(9-13)6-3-7-12/h1,3-9,13H2,2H3. The highest BCUT2D eigenvalue weighted by Crippen LogP contribution is 2.43. The monoisotopic (exact) mass is 195 g/mol. The fourth-order valence-corrected chi connectivity index (χ4v) is 1.99. The van der Waals surface area contributed by atoms with E-state index in [0.717, 1.165) is 24.8 Å². The Morgan fingerprint density at radius 2 is 2.07 bits per heavy atom. The molecule has 1 aliphatic rings. The predicted octanol–water partition coefficient (Wildman–Crippen LogP) is 2.43. The van der Waals surface area contributed by atoms with Gasteiger partial charge in [-0.3, -0.25) is 4.79 Å². The second-order valence-corrected chi connectivity index (χ2v) is 4.73. The van der Waals surface area contributed by atoms with Crippen LogP contribution in [0.2, 0.25) is 0 Å². The molecule has 80 valence electrons. The molecule has 2 N–H and O–H groups in total. The van der Waals surface area contributed by atoms with Crippen LogP contribution in [0.5, 0.6) is 0 Å². The van der Waals surface area contributed by atoms with Gasteiger partial charge in [-0.25, -0.2) is 0 Å². The molecule has 2 heteroatoms. The molecule has 1 aliphatic carbocycles. The molecule has 0 aromatic heterocycles. The first-order chi connectivity index (χ1) is 6.58. The van der Waals surface area contributed by atoms with Gasteiger partial charge in [0.15, 0.2) is 0 Å². The third-order valence-corrected chi connectivity index (χ3v) is 3.25. The van der Waals surface area contributed by atoms with Gasteiger partial charge in [0.25, 0.3) is 0 Å². The lowest BCUT2D eigenvalue weighted by molar-refractivity contribution is -0.122. The normalized spacial score (nSPS) is 18.7. The molecular weight excluding hydrogens is 174 g/mol. The topological polar surface area (TPSA) is 43.1 Å². The van der Waals surface area contributed by atoms with Crippen LogP contribution in [0.15, 0.2) is 12.2 Å². The summed E-state index contributed by atoms with van der Waals surface area (Å²) in [6.07, 6.45) is 5.70. The largest absolute Gasteiger partial charge is 0.330 e. The average Bonchev–Trinajstić information content (AvgIpc) is 2.08. The number of ketones is 1. The van der Waals surface area contributed by atoms with Gasteiger partial charge in [0.2, 0.25) is 0 Å². The molecule has 0 radical (unpaired) electrons. The summed E-state index contributed by atoms with van der Waals surface area (Å²) in [6, 6.07) is 0. The maximum Gasteiger partial charge on any atom is 0.133 e. The summed E-state index contributed by atoms with van der Waals surface area (Å²) in [4.78, 5) is 11.6. The van der Waals surface area contributed by atoms with E-state index in [9.17, 15) is 4.79 Å². The summed E-state index contributed by atoms with van der Waals surface area (Å²) in [5.41, 5.74) is 6.97. The SMILES string of the molecule is C=C(C)CCC(=O)CC1(CN)CCC1. The van der Waals surface area contributed by atoms with Gasteiger partial charge in [0.05, 0.1) is 0 Å². The van der Waals surface area contributed by atoms with Crippen molar-refractivity contribution in [1.29, 1.82) is 0 Å². The minimum atomic E-state index is 0.173. The number of nitrogens with two attached hydrogens (primary N) is 1. The zero-order valence-electron chi connectivity index (χ0n) is 9.14. The predicted molar refractivity (Wildman–Crippen MR) is 59.0 cm³/mol. The lowest BCUT2D eigenvalue weighted by Gasteiger charge is -2.40. The van der Waals surface area contributed by atoms with E-state index in [1.54, 1.807) is 0 Å². The Morgan fingerprint density at radius 1 is 1.43 bits per heavy atom. The van der Waals surface area contributed by atoms with Crippen molar-refractivity contribution in [2.45, 2.75) is 45.4 Å². The molecule has 0 spiro atoms. The Morgan fingerprint density at radius 3 is 2.43 bits per heavy atom.